The quantitative estimate of drug-likeness (QED) is 0.888. The zero-order valence-corrected chi connectivity index (χ0v) is 10.7. The van der Waals surface area contributed by atoms with E-state index in [0.717, 1.165) is 25.2 Å². The number of carbonyl (C=O) groups is 1. The van der Waals surface area contributed by atoms with Crippen molar-refractivity contribution in [3.8, 4) is 0 Å². The van der Waals surface area contributed by atoms with Crippen LogP contribution in [-0.2, 0) is 4.79 Å². The van der Waals surface area contributed by atoms with E-state index in [1.807, 2.05) is 18.3 Å². The van der Waals surface area contributed by atoms with Crippen LogP contribution in [0, 0.1) is 11.8 Å². The van der Waals surface area contributed by atoms with Crippen molar-refractivity contribution in [2.24, 2.45) is 11.8 Å². The maximum Gasteiger partial charge on any atom is 0.228 e. The second-order valence-corrected chi connectivity index (χ2v) is 5.40. The fourth-order valence-corrected chi connectivity index (χ4v) is 2.53. The molecule has 4 nitrogen and oxygen atoms in total. The maximum absolute atomic E-state index is 11.8. The fraction of sp³-hybridized carbons (Fsp3) is 0.571. The van der Waals surface area contributed by atoms with Gasteiger partial charge in [-0.3, -0.25) is 4.79 Å². The highest BCUT2D eigenvalue weighted by atomic mass is 16.2. The summed E-state index contributed by atoms with van der Waals surface area (Å²) in [6, 6.07) is 3.95. The number of hydrogen-bond acceptors (Lipinski definition) is 3. The Morgan fingerprint density at radius 3 is 2.67 bits per heavy atom. The number of anilines is 2. The number of carbonyl (C=O) groups excluding carboxylic acids is 1. The summed E-state index contributed by atoms with van der Waals surface area (Å²) in [6.07, 6.45) is 5.39. The van der Waals surface area contributed by atoms with E-state index < -0.39 is 0 Å². The molecule has 1 N–H and O–H groups in total. The summed E-state index contributed by atoms with van der Waals surface area (Å²) in [5.41, 5.74) is 1.16. The molecule has 96 valence electrons. The van der Waals surface area contributed by atoms with Gasteiger partial charge in [0.2, 0.25) is 5.91 Å². The first-order valence-corrected chi connectivity index (χ1v) is 6.76. The summed E-state index contributed by atoms with van der Waals surface area (Å²) in [4.78, 5) is 18.4. The van der Waals surface area contributed by atoms with Crippen molar-refractivity contribution in [3.05, 3.63) is 18.3 Å². The van der Waals surface area contributed by atoms with Crippen LogP contribution in [0.5, 0.6) is 0 Å². The molecule has 1 saturated carbocycles. The lowest BCUT2D eigenvalue weighted by Gasteiger charge is -2.17. The van der Waals surface area contributed by atoms with Crippen molar-refractivity contribution in [2.45, 2.75) is 26.2 Å². The van der Waals surface area contributed by atoms with E-state index in [1.54, 1.807) is 0 Å². The van der Waals surface area contributed by atoms with E-state index in [2.05, 4.69) is 22.1 Å². The standard InChI is InChI=1S/C14H19N3O/c1-10-8-12(10)14(18)16-13-5-4-11(9-15-13)17-6-2-3-7-17/h4-5,9-10,12H,2-3,6-8H2,1H3,(H,15,16,18)/t10-,12+/m1/s1. The predicted octanol–water partition coefficient (Wildman–Crippen LogP) is 2.28. The van der Waals surface area contributed by atoms with Crippen LogP contribution in [0.4, 0.5) is 11.5 Å². The van der Waals surface area contributed by atoms with Gasteiger partial charge in [-0.05, 0) is 37.3 Å². The lowest BCUT2D eigenvalue weighted by atomic mass is 10.3. The van der Waals surface area contributed by atoms with Gasteiger partial charge in [0.15, 0.2) is 0 Å². The second-order valence-electron chi connectivity index (χ2n) is 5.40. The first-order chi connectivity index (χ1) is 8.74. The molecule has 1 aliphatic carbocycles. The number of nitrogens with one attached hydrogen (secondary N) is 1. The van der Waals surface area contributed by atoms with Gasteiger partial charge < -0.3 is 10.2 Å². The van der Waals surface area contributed by atoms with Gasteiger partial charge in [0.05, 0.1) is 11.9 Å². The fourth-order valence-electron chi connectivity index (χ4n) is 2.53. The van der Waals surface area contributed by atoms with Crippen LogP contribution in [0.3, 0.4) is 0 Å². The third-order valence-electron chi connectivity index (χ3n) is 3.92. The van der Waals surface area contributed by atoms with Crippen LogP contribution in [0.25, 0.3) is 0 Å². The van der Waals surface area contributed by atoms with Crippen LogP contribution in [0.15, 0.2) is 18.3 Å². The summed E-state index contributed by atoms with van der Waals surface area (Å²) >= 11 is 0. The van der Waals surface area contributed by atoms with E-state index in [4.69, 9.17) is 0 Å². The van der Waals surface area contributed by atoms with E-state index in [9.17, 15) is 4.79 Å². The molecule has 1 aromatic rings. The van der Waals surface area contributed by atoms with Crippen LogP contribution in [-0.4, -0.2) is 24.0 Å². The maximum atomic E-state index is 11.8. The van der Waals surface area contributed by atoms with Crippen molar-refractivity contribution in [1.29, 1.82) is 0 Å². The molecule has 1 saturated heterocycles. The van der Waals surface area contributed by atoms with Crippen molar-refractivity contribution in [3.63, 3.8) is 0 Å². The number of hydrogen-bond donors (Lipinski definition) is 1. The molecule has 18 heavy (non-hydrogen) atoms. The highest BCUT2D eigenvalue weighted by molar-refractivity contribution is 5.93. The summed E-state index contributed by atoms with van der Waals surface area (Å²) in [5.74, 6) is 1.52. The largest absolute Gasteiger partial charge is 0.370 e. The Morgan fingerprint density at radius 1 is 1.39 bits per heavy atom. The molecule has 1 aliphatic heterocycles. The zero-order valence-electron chi connectivity index (χ0n) is 10.7. The smallest absolute Gasteiger partial charge is 0.228 e. The Bertz CT molecular complexity index is 437. The monoisotopic (exact) mass is 245 g/mol. The van der Waals surface area contributed by atoms with Crippen LogP contribution >= 0.6 is 0 Å². The molecule has 0 bridgehead atoms. The topological polar surface area (TPSA) is 45.2 Å². The lowest BCUT2D eigenvalue weighted by molar-refractivity contribution is -0.117. The van der Waals surface area contributed by atoms with Crippen LogP contribution in [0.2, 0.25) is 0 Å². The normalized spacial score (nSPS) is 26.2. The predicted molar refractivity (Wildman–Crippen MR) is 71.6 cm³/mol. The minimum Gasteiger partial charge on any atom is -0.370 e. The first-order valence-electron chi connectivity index (χ1n) is 6.76. The van der Waals surface area contributed by atoms with Gasteiger partial charge in [-0.1, -0.05) is 6.92 Å². The molecule has 1 amide bonds. The molecule has 2 atom stereocenters. The van der Waals surface area contributed by atoms with E-state index in [0.29, 0.717) is 11.7 Å². The Kier molecular flexibility index (Phi) is 2.94. The van der Waals surface area contributed by atoms with Crippen molar-refractivity contribution < 1.29 is 4.79 Å². The second kappa shape index (κ2) is 4.59. The van der Waals surface area contributed by atoms with Crippen molar-refractivity contribution in [1.82, 2.24) is 4.98 Å². The molecule has 2 heterocycles. The Balaban J connectivity index is 1.62. The lowest BCUT2D eigenvalue weighted by Crippen LogP contribution is -2.18. The molecular formula is C14H19N3O. The highest BCUT2D eigenvalue weighted by Gasteiger charge is 2.39. The SMILES string of the molecule is C[C@@H]1C[C@@H]1C(=O)Nc1ccc(N2CCCC2)cn1. The molecular weight excluding hydrogens is 226 g/mol. The Morgan fingerprint density at radius 2 is 2.11 bits per heavy atom. The van der Waals surface area contributed by atoms with E-state index in [1.165, 1.54) is 12.8 Å². The highest BCUT2D eigenvalue weighted by Crippen LogP contribution is 2.38. The Labute approximate surface area is 107 Å². The van der Waals surface area contributed by atoms with Gasteiger partial charge in [0, 0.05) is 19.0 Å². The molecule has 3 rings (SSSR count). The number of nitrogens with zero attached hydrogens (tertiary/aromatic N) is 2. The molecule has 1 aromatic heterocycles. The van der Waals surface area contributed by atoms with Crippen molar-refractivity contribution in [2.75, 3.05) is 23.3 Å². The average Bonchev–Trinajstić information content (AvgIpc) is 2.91. The van der Waals surface area contributed by atoms with Gasteiger partial charge >= 0.3 is 0 Å². The molecule has 0 radical (unpaired) electrons. The molecule has 0 aromatic carbocycles. The van der Waals surface area contributed by atoms with Gasteiger partial charge in [-0.2, -0.15) is 0 Å². The summed E-state index contributed by atoms with van der Waals surface area (Å²) < 4.78 is 0. The minimum absolute atomic E-state index is 0.115. The third kappa shape index (κ3) is 2.33. The molecule has 2 aliphatic rings. The molecule has 0 unspecified atom stereocenters. The molecule has 4 heteroatoms. The molecule has 2 fully saturated rings. The first kappa shape index (κ1) is 11.5. The molecule has 0 spiro atoms. The number of aromatic nitrogens is 1. The number of amides is 1. The van der Waals surface area contributed by atoms with E-state index in [-0.39, 0.29) is 11.8 Å². The van der Waals surface area contributed by atoms with E-state index >= 15 is 0 Å². The summed E-state index contributed by atoms with van der Waals surface area (Å²) in [6.45, 7) is 4.34. The summed E-state index contributed by atoms with van der Waals surface area (Å²) in [5, 5.41) is 2.88. The van der Waals surface area contributed by atoms with Crippen molar-refractivity contribution >= 4 is 17.4 Å². The van der Waals surface area contributed by atoms with Gasteiger partial charge in [-0.25, -0.2) is 4.98 Å². The van der Waals surface area contributed by atoms with Gasteiger partial charge in [0.1, 0.15) is 5.82 Å². The zero-order chi connectivity index (χ0) is 12.5. The minimum atomic E-state index is 0.115. The number of rotatable bonds is 3. The van der Waals surface area contributed by atoms with Gasteiger partial charge in [-0.15, -0.1) is 0 Å². The van der Waals surface area contributed by atoms with Gasteiger partial charge in [0.25, 0.3) is 0 Å². The number of pyridine rings is 1. The third-order valence-corrected chi connectivity index (χ3v) is 3.92. The van der Waals surface area contributed by atoms with Crippen LogP contribution < -0.4 is 10.2 Å². The summed E-state index contributed by atoms with van der Waals surface area (Å²) in [7, 11) is 0. The van der Waals surface area contributed by atoms with Crippen LogP contribution in [0.1, 0.15) is 26.2 Å². The Hall–Kier alpha value is -1.58. The average molecular weight is 245 g/mol.